The van der Waals surface area contributed by atoms with Crippen molar-refractivity contribution in [3.63, 3.8) is 0 Å². The minimum absolute atomic E-state index is 0.0560. The number of alkyl halides is 3. The van der Waals surface area contributed by atoms with Gasteiger partial charge in [0.05, 0.1) is 11.5 Å². The quantitative estimate of drug-likeness (QED) is 0.104. The lowest BCUT2D eigenvalue weighted by Gasteiger charge is -2.27. The van der Waals surface area contributed by atoms with Crippen LogP contribution in [0, 0.1) is 40.9 Å². The molecular weight excluding hydrogens is 580 g/mol. The third-order valence-corrected chi connectivity index (χ3v) is 7.71. The van der Waals surface area contributed by atoms with Crippen molar-refractivity contribution in [2.24, 2.45) is 11.8 Å². The number of hydrogen-bond acceptors (Lipinski definition) is 2. The molecule has 3 aromatic rings. The number of ether oxygens (including phenoxy) is 1. The van der Waals surface area contributed by atoms with Crippen molar-refractivity contribution in [2.75, 3.05) is 0 Å². The van der Waals surface area contributed by atoms with Crippen molar-refractivity contribution >= 4 is 12.0 Å². The molecule has 0 amide bonds. The van der Waals surface area contributed by atoms with Gasteiger partial charge in [-0.25, -0.2) is 22.0 Å². The smallest absolute Gasteiger partial charge is 0.409 e. The highest BCUT2D eigenvalue weighted by Crippen LogP contribution is 2.36. The summed E-state index contributed by atoms with van der Waals surface area (Å²) in [7, 11) is 0. The average molecular weight is 611 g/mol. The second-order valence-corrected chi connectivity index (χ2v) is 10.8. The molecule has 43 heavy (non-hydrogen) atoms. The van der Waals surface area contributed by atoms with Crippen molar-refractivity contribution in [2.45, 2.75) is 64.5 Å². The van der Waals surface area contributed by atoms with Gasteiger partial charge in [-0.2, -0.15) is 13.2 Å². The Morgan fingerprint density at radius 1 is 0.814 bits per heavy atom. The predicted octanol–water partition coefficient (Wildman–Crippen LogP) is 10.6. The van der Waals surface area contributed by atoms with E-state index >= 15 is 8.78 Å². The van der Waals surface area contributed by atoms with E-state index in [1.54, 1.807) is 0 Å². The number of unbranched alkanes of at least 4 members (excludes halogenated alkanes) is 2. The largest absolute Gasteiger partial charge is 0.426 e. The molecule has 0 spiro atoms. The maximum Gasteiger partial charge on any atom is 0.409 e. The standard InChI is InChI=1S/C33H30F8O2/c1-2-3-4-5-19-6-8-20(9-7-19)32(42)43-23-10-11-24(28(36)18-23)21-14-29(37)31(30(38)15-21)22-16-26(34)25(27(35)17-22)12-13-33(39,40)41/h10-20H,2-9H2,1H3. The lowest BCUT2D eigenvalue weighted by molar-refractivity contribution is -0.140. The molecule has 0 bridgehead atoms. The third-order valence-electron chi connectivity index (χ3n) is 7.71. The number of carbonyl (C=O) groups excluding carboxylic acids is 1. The topological polar surface area (TPSA) is 26.3 Å². The molecule has 1 fully saturated rings. The zero-order valence-corrected chi connectivity index (χ0v) is 23.3. The Balaban J connectivity index is 1.48. The van der Waals surface area contributed by atoms with Gasteiger partial charge in [0.1, 0.15) is 34.8 Å². The number of esters is 1. The van der Waals surface area contributed by atoms with Crippen LogP contribution in [0.1, 0.15) is 63.9 Å². The van der Waals surface area contributed by atoms with E-state index in [2.05, 4.69) is 6.92 Å². The van der Waals surface area contributed by atoms with Crippen molar-refractivity contribution in [1.29, 1.82) is 0 Å². The van der Waals surface area contributed by atoms with E-state index in [1.807, 2.05) is 0 Å². The van der Waals surface area contributed by atoms with Crippen LogP contribution in [0.3, 0.4) is 0 Å². The Bertz CT molecular complexity index is 1440. The molecule has 2 nitrogen and oxygen atoms in total. The Hall–Kier alpha value is -3.69. The Labute approximate surface area is 244 Å². The van der Waals surface area contributed by atoms with Gasteiger partial charge >= 0.3 is 12.1 Å². The fraction of sp³-hybridized carbons (Fsp3) is 0.364. The van der Waals surface area contributed by atoms with E-state index in [0.29, 0.717) is 30.9 Å². The van der Waals surface area contributed by atoms with Crippen LogP contribution in [-0.2, 0) is 4.79 Å². The summed E-state index contributed by atoms with van der Waals surface area (Å²) < 4.78 is 116. The van der Waals surface area contributed by atoms with Crippen LogP contribution in [0.4, 0.5) is 35.1 Å². The van der Waals surface area contributed by atoms with Crippen LogP contribution in [0.2, 0.25) is 0 Å². The first-order chi connectivity index (χ1) is 20.4. The monoisotopic (exact) mass is 610 g/mol. The molecule has 0 unspecified atom stereocenters. The zero-order chi connectivity index (χ0) is 31.3. The third kappa shape index (κ3) is 8.24. The van der Waals surface area contributed by atoms with Gasteiger partial charge < -0.3 is 4.74 Å². The highest BCUT2D eigenvalue weighted by molar-refractivity contribution is 5.76. The van der Waals surface area contributed by atoms with E-state index in [-0.39, 0.29) is 34.9 Å². The maximum atomic E-state index is 15.0. The van der Waals surface area contributed by atoms with Crippen LogP contribution >= 0.6 is 0 Å². The first-order valence-corrected chi connectivity index (χ1v) is 14.1. The van der Waals surface area contributed by atoms with Crippen LogP contribution < -0.4 is 4.74 Å². The summed E-state index contributed by atoms with van der Waals surface area (Å²) >= 11 is 0. The minimum atomic E-state index is -4.83. The van der Waals surface area contributed by atoms with Gasteiger partial charge in [-0.15, -0.1) is 0 Å². The zero-order valence-electron chi connectivity index (χ0n) is 23.3. The van der Waals surface area contributed by atoms with Crippen LogP contribution in [0.15, 0.2) is 48.5 Å². The Morgan fingerprint density at radius 2 is 1.42 bits per heavy atom. The van der Waals surface area contributed by atoms with Crippen molar-refractivity contribution < 1.29 is 44.7 Å². The number of rotatable bonds is 9. The lowest BCUT2D eigenvalue weighted by Crippen LogP contribution is -2.25. The summed E-state index contributed by atoms with van der Waals surface area (Å²) in [5.74, 6) is -6.62. The fourth-order valence-electron chi connectivity index (χ4n) is 5.43. The van der Waals surface area contributed by atoms with Crippen molar-refractivity contribution in [3.05, 3.63) is 83.2 Å². The molecule has 0 aliphatic heterocycles. The number of allylic oxidation sites excluding steroid dienone is 1. The van der Waals surface area contributed by atoms with Crippen molar-refractivity contribution in [3.8, 4) is 28.0 Å². The minimum Gasteiger partial charge on any atom is -0.426 e. The van der Waals surface area contributed by atoms with Crippen LogP contribution in [-0.4, -0.2) is 12.1 Å². The van der Waals surface area contributed by atoms with E-state index in [1.165, 1.54) is 25.0 Å². The molecule has 0 atom stereocenters. The first kappa shape index (κ1) is 32.2. The van der Waals surface area contributed by atoms with Crippen LogP contribution in [0.25, 0.3) is 28.3 Å². The number of hydrogen-bond donors (Lipinski definition) is 0. The van der Waals surface area contributed by atoms with Gasteiger partial charge in [0.25, 0.3) is 0 Å². The molecule has 1 aliphatic rings. The summed E-state index contributed by atoms with van der Waals surface area (Å²) in [6, 6.07) is 5.95. The van der Waals surface area contributed by atoms with Crippen molar-refractivity contribution in [1.82, 2.24) is 0 Å². The van der Waals surface area contributed by atoms with E-state index in [9.17, 15) is 31.1 Å². The molecule has 230 valence electrons. The summed E-state index contributed by atoms with van der Waals surface area (Å²) in [5.41, 5.74) is -2.93. The molecular formula is C33H30F8O2. The first-order valence-electron chi connectivity index (χ1n) is 14.1. The van der Waals surface area contributed by atoms with Gasteiger partial charge in [0, 0.05) is 23.3 Å². The lowest BCUT2D eigenvalue weighted by atomic mass is 9.80. The molecule has 0 radical (unpaired) electrons. The van der Waals surface area contributed by atoms with Gasteiger partial charge in [-0.1, -0.05) is 32.6 Å². The predicted molar refractivity (Wildman–Crippen MR) is 147 cm³/mol. The molecule has 0 aromatic heterocycles. The summed E-state index contributed by atoms with van der Waals surface area (Å²) in [5, 5.41) is 0. The number of halogens is 8. The SMILES string of the molecule is CCCCCC1CCC(C(=O)Oc2ccc(-c3cc(F)c(-c4cc(F)c(C=CC(F)(F)F)c(F)c4)c(F)c3)c(F)c2)CC1. The van der Waals surface area contributed by atoms with Gasteiger partial charge in [0.15, 0.2) is 0 Å². The Kier molecular flexibility index (Phi) is 10.3. The molecule has 0 N–H and O–H groups in total. The highest BCUT2D eigenvalue weighted by Gasteiger charge is 2.28. The molecule has 1 saturated carbocycles. The molecule has 0 heterocycles. The van der Waals surface area contributed by atoms with Gasteiger partial charge in [-0.3, -0.25) is 4.79 Å². The summed E-state index contributed by atoms with van der Waals surface area (Å²) in [6.07, 6.45) is 2.90. The highest BCUT2D eigenvalue weighted by atomic mass is 19.4. The molecule has 4 rings (SSSR count). The van der Waals surface area contributed by atoms with Gasteiger partial charge in [-0.05, 0) is 85.2 Å². The van der Waals surface area contributed by atoms with Crippen LogP contribution in [0.5, 0.6) is 5.75 Å². The summed E-state index contributed by atoms with van der Waals surface area (Å²) in [6.45, 7) is 2.15. The van der Waals surface area contributed by atoms with E-state index in [4.69, 9.17) is 4.74 Å². The average Bonchev–Trinajstić information content (AvgIpc) is 2.92. The molecule has 0 saturated heterocycles. The second kappa shape index (κ2) is 13.7. The summed E-state index contributed by atoms with van der Waals surface area (Å²) in [4.78, 5) is 12.7. The fourth-order valence-corrected chi connectivity index (χ4v) is 5.43. The van der Waals surface area contributed by atoms with E-state index < -0.39 is 57.9 Å². The Morgan fingerprint density at radius 3 is 1.98 bits per heavy atom. The molecule has 3 aromatic carbocycles. The molecule has 10 heteroatoms. The van der Waals surface area contributed by atoms with E-state index in [0.717, 1.165) is 43.9 Å². The van der Waals surface area contributed by atoms with Gasteiger partial charge in [0.2, 0.25) is 0 Å². The second-order valence-electron chi connectivity index (χ2n) is 10.8. The molecule has 1 aliphatic carbocycles. The number of carbonyl (C=O) groups is 1. The normalized spacial score (nSPS) is 17.4. The maximum absolute atomic E-state index is 15.0. The number of benzene rings is 3.